The second-order valence-corrected chi connectivity index (χ2v) is 7.43. The van der Waals surface area contributed by atoms with E-state index in [9.17, 15) is 18.0 Å². The van der Waals surface area contributed by atoms with Crippen molar-refractivity contribution in [3.63, 3.8) is 0 Å². The minimum absolute atomic E-state index is 0.0377. The molecule has 2 saturated heterocycles. The third-order valence-electron chi connectivity index (χ3n) is 4.21. The molecule has 0 spiro atoms. The van der Waals surface area contributed by atoms with Crippen molar-refractivity contribution in [2.75, 3.05) is 20.2 Å². The summed E-state index contributed by atoms with van der Waals surface area (Å²) in [6.07, 6.45) is 0. The Kier molecular flexibility index (Phi) is 3.45. The van der Waals surface area contributed by atoms with Crippen LogP contribution >= 0.6 is 0 Å². The first-order valence-corrected chi connectivity index (χ1v) is 8.28. The Morgan fingerprint density at radius 2 is 1.77 bits per heavy atom. The van der Waals surface area contributed by atoms with Crippen LogP contribution in [0.25, 0.3) is 0 Å². The molecule has 1 aromatic rings. The summed E-state index contributed by atoms with van der Waals surface area (Å²) in [5, 5.41) is 2.24. The number of aryl methyl sites for hydroxylation is 1. The molecular weight excluding hydrogens is 308 g/mol. The highest BCUT2D eigenvalue weighted by Gasteiger charge is 2.50. The van der Waals surface area contributed by atoms with Crippen molar-refractivity contribution in [3.05, 3.63) is 23.8 Å². The van der Waals surface area contributed by atoms with E-state index in [1.165, 1.54) is 17.5 Å². The Balaban J connectivity index is 1.92. The number of nitrogens with zero attached hydrogens (tertiary/aromatic N) is 1. The van der Waals surface area contributed by atoms with Gasteiger partial charge in [-0.3, -0.25) is 14.9 Å². The van der Waals surface area contributed by atoms with Crippen molar-refractivity contribution in [1.82, 2.24) is 9.62 Å². The Morgan fingerprint density at radius 1 is 1.18 bits per heavy atom. The fourth-order valence-corrected chi connectivity index (χ4v) is 4.68. The number of sulfonamides is 1. The highest BCUT2D eigenvalue weighted by molar-refractivity contribution is 7.89. The lowest BCUT2D eigenvalue weighted by molar-refractivity contribution is -0.126. The highest BCUT2D eigenvalue weighted by atomic mass is 32.2. The van der Waals surface area contributed by atoms with Crippen LogP contribution in [-0.4, -0.2) is 44.7 Å². The average Bonchev–Trinajstić information content (AvgIpc) is 3.01. The molecule has 0 bridgehead atoms. The summed E-state index contributed by atoms with van der Waals surface area (Å²) in [6, 6.07) is 4.70. The first kappa shape index (κ1) is 15.0. The van der Waals surface area contributed by atoms with E-state index in [1.54, 1.807) is 19.1 Å². The molecule has 0 unspecified atom stereocenters. The summed E-state index contributed by atoms with van der Waals surface area (Å²) in [5.74, 6) is -1.37. The Hall–Kier alpha value is -1.93. The quantitative estimate of drug-likeness (QED) is 0.784. The largest absolute Gasteiger partial charge is 0.497 e. The molecule has 0 saturated carbocycles. The van der Waals surface area contributed by atoms with Crippen LogP contribution in [0.1, 0.15) is 5.56 Å². The molecular formula is C14H16N2O5S. The number of fused-ring (bicyclic) bond motifs is 1. The van der Waals surface area contributed by atoms with Crippen LogP contribution in [0.15, 0.2) is 23.1 Å². The van der Waals surface area contributed by atoms with Crippen molar-refractivity contribution in [2.45, 2.75) is 11.8 Å². The van der Waals surface area contributed by atoms with Gasteiger partial charge in [-0.2, -0.15) is 4.31 Å². The highest BCUT2D eigenvalue weighted by Crippen LogP contribution is 2.33. The minimum atomic E-state index is -3.74. The van der Waals surface area contributed by atoms with Gasteiger partial charge in [0.1, 0.15) is 5.75 Å². The van der Waals surface area contributed by atoms with Crippen LogP contribution in [0.4, 0.5) is 0 Å². The molecule has 2 atom stereocenters. The van der Waals surface area contributed by atoms with Crippen LogP contribution in [0.5, 0.6) is 5.75 Å². The maximum absolute atomic E-state index is 12.7. The summed E-state index contributed by atoms with van der Waals surface area (Å²) in [4.78, 5) is 23.5. The maximum atomic E-state index is 12.7. The van der Waals surface area contributed by atoms with Crippen LogP contribution < -0.4 is 10.1 Å². The predicted molar refractivity (Wildman–Crippen MR) is 76.6 cm³/mol. The second-order valence-electron chi connectivity index (χ2n) is 5.52. The molecule has 2 heterocycles. The lowest BCUT2D eigenvalue weighted by Crippen LogP contribution is -2.35. The number of hydrogen-bond acceptors (Lipinski definition) is 5. The van der Waals surface area contributed by atoms with Crippen molar-refractivity contribution in [1.29, 1.82) is 0 Å². The minimum Gasteiger partial charge on any atom is -0.497 e. The van der Waals surface area contributed by atoms with Gasteiger partial charge in [-0.1, -0.05) is 0 Å². The SMILES string of the molecule is COc1ccc(S(=O)(=O)N2C[C@@H]3C(=O)NC(=O)[C@@H]3C2)c(C)c1. The number of carbonyl (C=O) groups is 2. The van der Waals surface area contributed by atoms with E-state index >= 15 is 0 Å². The van der Waals surface area contributed by atoms with Gasteiger partial charge in [-0.05, 0) is 30.7 Å². The number of hydrogen-bond donors (Lipinski definition) is 1. The van der Waals surface area contributed by atoms with E-state index in [4.69, 9.17) is 4.74 Å². The number of amides is 2. The number of carbonyl (C=O) groups excluding carboxylic acids is 2. The third-order valence-corrected chi connectivity index (χ3v) is 6.20. The topological polar surface area (TPSA) is 92.8 Å². The molecule has 22 heavy (non-hydrogen) atoms. The summed E-state index contributed by atoms with van der Waals surface area (Å²) in [7, 11) is -2.23. The van der Waals surface area contributed by atoms with Crippen molar-refractivity contribution < 1.29 is 22.7 Å². The normalized spacial score (nSPS) is 25.2. The van der Waals surface area contributed by atoms with Gasteiger partial charge in [0.25, 0.3) is 0 Å². The molecule has 2 aliphatic rings. The maximum Gasteiger partial charge on any atom is 0.243 e. The lowest BCUT2D eigenvalue weighted by atomic mass is 10.00. The van der Waals surface area contributed by atoms with E-state index in [-0.39, 0.29) is 29.8 Å². The third kappa shape index (κ3) is 2.19. The number of methoxy groups -OCH3 is 1. The van der Waals surface area contributed by atoms with Crippen molar-refractivity contribution in [2.24, 2.45) is 11.8 Å². The van der Waals surface area contributed by atoms with Gasteiger partial charge in [0.2, 0.25) is 21.8 Å². The molecule has 2 fully saturated rings. The number of ether oxygens (including phenoxy) is 1. The Labute approximate surface area is 128 Å². The van der Waals surface area contributed by atoms with Gasteiger partial charge >= 0.3 is 0 Å². The van der Waals surface area contributed by atoms with Gasteiger partial charge < -0.3 is 4.74 Å². The lowest BCUT2D eigenvalue weighted by Gasteiger charge is -2.18. The van der Waals surface area contributed by atoms with Gasteiger partial charge in [-0.25, -0.2) is 8.42 Å². The Bertz CT molecular complexity index is 736. The van der Waals surface area contributed by atoms with Gasteiger partial charge in [0.05, 0.1) is 23.8 Å². The number of benzene rings is 1. The molecule has 1 N–H and O–H groups in total. The summed E-state index contributed by atoms with van der Waals surface area (Å²) in [6.45, 7) is 1.76. The van der Waals surface area contributed by atoms with E-state index in [0.29, 0.717) is 11.3 Å². The molecule has 2 aliphatic heterocycles. The number of nitrogens with one attached hydrogen (secondary N) is 1. The molecule has 2 amide bonds. The van der Waals surface area contributed by atoms with E-state index in [0.717, 1.165) is 0 Å². The fraction of sp³-hybridized carbons (Fsp3) is 0.429. The zero-order valence-corrected chi connectivity index (χ0v) is 13.0. The monoisotopic (exact) mass is 324 g/mol. The smallest absolute Gasteiger partial charge is 0.243 e. The second kappa shape index (κ2) is 5.06. The van der Waals surface area contributed by atoms with Crippen LogP contribution in [0.2, 0.25) is 0 Å². The van der Waals surface area contributed by atoms with Crippen LogP contribution in [0.3, 0.4) is 0 Å². The predicted octanol–water partition coefficient (Wildman–Crippen LogP) is -0.103. The first-order valence-electron chi connectivity index (χ1n) is 6.84. The summed E-state index contributed by atoms with van der Waals surface area (Å²) >= 11 is 0. The summed E-state index contributed by atoms with van der Waals surface area (Å²) in [5.41, 5.74) is 0.562. The molecule has 7 nitrogen and oxygen atoms in total. The first-order chi connectivity index (χ1) is 10.3. The molecule has 1 aromatic carbocycles. The van der Waals surface area contributed by atoms with E-state index < -0.39 is 21.9 Å². The Morgan fingerprint density at radius 3 is 2.27 bits per heavy atom. The molecule has 118 valence electrons. The standard InChI is InChI=1S/C14H16N2O5S/c1-8-5-9(21-2)3-4-12(8)22(19,20)16-6-10-11(7-16)14(18)15-13(10)17/h3-5,10-11H,6-7H2,1-2H3,(H,15,17,18)/t10-,11+. The number of rotatable bonds is 3. The van der Waals surface area contributed by atoms with Gasteiger partial charge in [0.15, 0.2) is 0 Å². The zero-order valence-electron chi connectivity index (χ0n) is 12.2. The van der Waals surface area contributed by atoms with Crippen molar-refractivity contribution in [3.8, 4) is 5.75 Å². The molecule has 0 radical (unpaired) electrons. The molecule has 8 heteroatoms. The number of imide groups is 1. The van der Waals surface area contributed by atoms with Gasteiger partial charge in [0, 0.05) is 13.1 Å². The van der Waals surface area contributed by atoms with Crippen LogP contribution in [-0.2, 0) is 19.6 Å². The average molecular weight is 324 g/mol. The molecule has 0 aliphatic carbocycles. The van der Waals surface area contributed by atoms with E-state index in [2.05, 4.69) is 5.32 Å². The van der Waals surface area contributed by atoms with Crippen LogP contribution in [0, 0.1) is 18.8 Å². The van der Waals surface area contributed by atoms with Gasteiger partial charge in [-0.15, -0.1) is 0 Å². The molecule has 3 rings (SSSR count). The zero-order chi connectivity index (χ0) is 16.1. The fourth-order valence-electron chi connectivity index (χ4n) is 2.98. The summed E-state index contributed by atoms with van der Waals surface area (Å²) < 4.78 is 31.8. The van der Waals surface area contributed by atoms with E-state index in [1.807, 2.05) is 0 Å². The molecule has 0 aromatic heterocycles. The van der Waals surface area contributed by atoms with Crippen molar-refractivity contribution >= 4 is 21.8 Å².